The molecule has 2 N–H and O–H groups in total. The van der Waals surface area contributed by atoms with Crippen molar-refractivity contribution in [2.75, 3.05) is 6.61 Å². The van der Waals surface area contributed by atoms with E-state index in [1.807, 2.05) is 0 Å². The van der Waals surface area contributed by atoms with E-state index in [4.69, 9.17) is 0 Å². The SMILES string of the molecule is CC1CCC(CO)(NCc2cccs2)CC1. The van der Waals surface area contributed by atoms with Crippen molar-refractivity contribution >= 4 is 11.3 Å². The number of aliphatic hydroxyl groups is 1. The minimum absolute atomic E-state index is 0.0174. The van der Waals surface area contributed by atoms with Crippen LogP contribution in [0.5, 0.6) is 0 Å². The van der Waals surface area contributed by atoms with Crippen LogP contribution in [0.25, 0.3) is 0 Å². The van der Waals surface area contributed by atoms with E-state index in [1.54, 1.807) is 11.3 Å². The zero-order chi connectivity index (χ0) is 11.4. The molecular formula is C13H21NOS. The van der Waals surface area contributed by atoms with Crippen LogP contribution in [-0.2, 0) is 6.54 Å². The highest BCUT2D eigenvalue weighted by molar-refractivity contribution is 7.09. The maximum Gasteiger partial charge on any atom is 0.0613 e. The van der Waals surface area contributed by atoms with Gasteiger partial charge in [0.1, 0.15) is 0 Å². The van der Waals surface area contributed by atoms with Crippen molar-refractivity contribution in [3.8, 4) is 0 Å². The summed E-state index contributed by atoms with van der Waals surface area (Å²) in [4.78, 5) is 1.35. The Morgan fingerprint density at radius 1 is 1.50 bits per heavy atom. The summed E-state index contributed by atoms with van der Waals surface area (Å²) in [7, 11) is 0. The molecule has 16 heavy (non-hydrogen) atoms. The van der Waals surface area contributed by atoms with Crippen LogP contribution in [0.2, 0.25) is 0 Å². The van der Waals surface area contributed by atoms with Crippen LogP contribution < -0.4 is 5.32 Å². The molecule has 0 unspecified atom stereocenters. The highest BCUT2D eigenvalue weighted by Crippen LogP contribution is 2.31. The Hall–Kier alpha value is -0.380. The van der Waals surface area contributed by atoms with Crippen LogP contribution in [-0.4, -0.2) is 17.3 Å². The second kappa shape index (κ2) is 5.30. The maximum atomic E-state index is 9.60. The second-order valence-electron chi connectivity index (χ2n) is 5.05. The molecule has 3 heteroatoms. The molecule has 0 spiro atoms. The first kappa shape index (κ1) is 12.1. The molecule has 2 nitrogen and oxygen atoms in total. The van der Waals surface area contributed by atoms with Gasteiger partial charge in [-0.3, -0.25) is 0 Å². The fourth-order valence-electron chi connectivity index (χ4n) is 2.39. The molecule has 0 radical (unpaired) electrons. The van der Waals surface area contributed by atoms with E-state index in [0.29, 0.717) is 0 Å². The lowest BCUT2D eigenvalue weighted by Crippen LogP contribution is -2.50. The summed E-state index contributed by atoms with van der Waals surface area (Å²) in [6.45, 7) is 3.47. The third-order valence-corrected chi connectivity index (χ3v) is 4.63. The average Bonchev–Trinajstić information content (AvgIpc) is 2.82. The van der Waals surface area contributed by atoms with Gasteiger partial charge in [-0.2, -0.15) is 0 Å². The molecule has 1 aliphatic rings. The maximum absolute atomic E-state index is 9.60. The molecular weight excluding hydrogens is 218 g/mol. The fraction of sp³-hybridized carbons (Fsp3) is 0.692. The Labute approximate surface area is 102 Å². The van der Waals surface area contributed by atoms with E-state index < -0.39 is 0 Å². The Kier molecular flexibility index (Phi) is 4.00. The summed E-state index contributed by atoms with van der Waals surface area (Å²) < 4.78 is 0. The first-order chi connectivity index (χ1) is 7.74. The quantitative estimate of drug-likeness (QED) is 0.847. The Balaban J connectivity index is 1.89. The molecule has 1 saturated carbocycles. The smallest absolute Gasteiger partial charge is 0.0613 e. The van der Waals surface area contributed by atoms with Gasteiger partial charge in [-0.25, -0.2) is 0 Å². The number of thiophene rings is 1. The molecule has 90 valence electrons. The van der Waals surface area contributed by atoms with Gasteiger partial charge in [0.05, 0.1) is 6.61 Å². The van der Waals surface area contributed by atoms with Crippen molar-refractivity contribution < 1.29 is 5.11 Å². The van der Waals surface area contributed by atoms with Gasteiger partial charge in [-0.1, -0.05) is 13.0 Å². The monoisotopic (exact) mass is 239 g/mol. The third kappa shape index (κ3) is 2.84. The van der Waals surface area contributed by atoms with E-state index in [1.165, 1.54) is 17.7 Å². The fourth-order valence-corrected chi connectivity index (χ4v) is 3.04. The molecule has 2 rings (SSSR count). The minimum atomic E-state index is -0.0174. The zero-order valence-electron chi connectivity index (χ0n) is 9.91. The van der Waals surface area contributed by atoms with Gasteiger partial charge in [0.25, 0.3) is 0 Å². The van der Waals surface area contributed by atoms with Gasteiger partial charge >= 0.3 is 0 Å². The first-order valence-corrected chi connectivity index (χ1v) is 7.00. The summed E-state index contributed by atoms with van der Waals surface area (Å²) in [5, 5.41) is 15.3. The first-order valence-electron chi connectivity index (χ1n) is 6.12. The lowest BCUT2D eigenvalue weighted by molar-refractivity contribution is 0.104. The summed E-state index contributed by atoms with van der Waals surface area (Å²) >= 11 is 1.78. The highest BCUT2D eigenvalue weighted by atomic mass is 32.1. The number of rotatable bonds is 4. The van der Waals surface area contributed by atoms with Crippen LogP contribution in [0.1, 0.15) is 37.5 Å². The molecule has 0 atom stereocenters. The molecule has 0 aliphatic heterocycles. The molecule has 0 amide bonds. The van der Waals surface area contributed by atoms with Crippen LogP contribution in [0.15, 0.2) is 17.5 Å². The number of hydrogen-bond donors (Lipinski definition) is 2. The predicted octanol–water partition coefficient (Wildman–Crippen LogP) is 2.78. The van der Waals surface area contributed by atoms with Crippen molar-refractivity contribution in [3.05, 3.63) is 22.4 Å². The molecule has 1 aromatic rings. The Bertz CT molecular complexity index is 302. The summed E-state index contributed by atoms with van der Waals surface area (Å²) in [5.74, 6) is 0.822. The van der Waals surface area contributed by atoms with Gasteiger partial charge < -0.3 is 10.4 Å². The molecule has 0 bridgehead atoms. The minimum Gasteiger partial charge on any atom is -0.394 e. The third-order valence-electron chi connectivity index (χ3n) is 3.75. The van der Waals surface area contributed by atoms with Crippen LogP contribution >= 0.6 is 11.3 Å². The summed E-state index contributed by atoms with van der Waals surface area (Å²) in [5.41, 5.74) is -0.0174. The predicted molar refractivity (Wildman–Crippen MR) is 68.6 cm³/mol. The average molecular weight is 239 g/mol. The molecule has 1 fully saturated rings. The van der Waals surface area contributed by atoms with Crippen LogP contribution in [0.4, 0.5) is 0 Å². The van der Waals surface area contributed by atoms with Crippen LogP contribution in [0.3, 0.4) is 0 Å². The van der Waals surface area contributed by atoms with Crippen molar-refractivity contribution in [1.29, 1.82) is 0 Å². The topological polar surface area (TPSA) is 32.3 Å². The number of aliphatic hydroxyl groups excluding tert-OH is 1. The van der Waals surface area contributed by atoms with Crippen molar-refractivity contribution in [2.45, 2.75) is 44.7 Å². The van der Waals surface area contributed by atoms with E-state index in [-0.39, 0.29) is 12.1 Å². The molecule has 1 aliphatic carbocycles. The highest BCUT2D eigenvalue weighted by Gasteiger charge is 2.32. The Morgan fingerprint density at radius 3 is 2.81 bits per heavy atom. The zero-order valence-corrected chi connectivity index (χ0v) is 10.7. The molecule has 1 heterocycles. The van der Waals surface area contributed by atoms with E-state index in [9.17, 15) is 5.11 Å². The summed E-state index contributed by atoms with van der Waals surface area (Å²) in [6.07, 6.45) is 4.68. The number of hydrogen-bond acceptors (Lipinski definition) is 3. The van der Waals surface area contributed by atoms with E-state index >= 15 is 0 Å². The lowest BCUT2D eigenvalue weighted by Gasteiger charge is -2.39. The second-order valence-corrected chi connectivity index (χ2v) is 6.09. The molecule has 0 aromatic carbocycles. The van der Waals surface area contributed by atoms with Gasteiger partial charge in [-0.05, 0) is 43.0 Å². The number of nitrogens with one attached hydrogen (secondary N) is 1. The lowest BCUT2D eigenvalue weighted by atomic mass is 9.77. The van der Waals surface area contributed by atoms with E-state index in [2.05, 4.69) is 29.8 Å². The van der Waals surface area contributed by atoms with Gasteiger partial charge in [0.2, 0.25) is 0 Å². The normalized spacial score (nSPS) is 30.5. The van der Waals surface area contributed by atoms with Crippen molar-refractivity contribution in [1.82, 2.24) is 5.32 Å². The van der Waals surface area contributed by atoms with E-state index in [0.717, 1.165) is 25.3 Å². The van der Waals surface area contributed by atoms with Gasteiger partial charge in [0, 0.05) is 17.0 Å². The molecule has 0 saturated heterocycles. The van der Waals surface area contributed by atoms with Crippen molar-refractivity contribution in [3.63, 3.8) is 0 Å². The van der Waals surface area contributed by atoms with Gasteiger partial charge in [0.15, 0.2) is 0 Å². The van der Waals surface area contributed by atoms with Gasteiger partial charge in [-0.15, -0.1) is 11.3 Å². The van der Waals surface area contributed by atoms with Crippen LogP contribution in [0, 0.1) is 5.92 Å². The Morgan fingerprint density at radius 2 is 2.25 bits per heavy atom. The standard InChI is InChI=1S/C13H21NOS/c1-11-4-6-13(10-15,7-5-11)14-9-12-3-2-8-16-12/h2-3,8,11,14-15H,4-7,9-10H2,1H3. The van der Waals surface area contributed by atoms with Crippen molar-refractivity contribution in [2.24, 2.45) is 5.92 Å². The molecule has 1 aromatic heterocycles. The largest absolute Gasteiger partial charge is 0.394 e. The summed E-state index contributed by atoms with van der Waals surface area (Å²) in [6, 6.07) is 4.23.